The van der Waals surface area contributed by atoms with Crippen LogP contribution in [0.25, 0.3) is 0 Å². The predicted octanol–water partition coefficient (Wildman–Crippen LogP) is 3.96. The van der Waals surface area contributed by atoms with Crippen LogP contribution in [0.1, 0.15) is 36.8 Å². The molecular formula is C22H26N2O4. The molecule has 2 aromatic rings. The Bertz CT molecular complexity index is 792. The molecule has 28 heavy (non-hydrogen) atoms. The van der Waals surface area contributed by atoms with E-state index in [4.69, 9.17) is 19.5 Å². The molecule has 0 unspecified atom stereocenters. The van der Waals surface area contributed by atoms with Crippen LogP contribution in [0.4, 0.5) is 0 Å². The van der Waals surface area contributed by atoms with Gasteiger partial charge in [0.05, 0.1) is 26.3 Å². The summed E-state index contributed by atoms with van der Waals surface area (Å²) in [6.45, 7) is 0. The molecule has 0 bridgehead atoms. The highest BCUT2D eigenvalue weighted by atomic mass is 16.5. The van der Waals surface area contributed by atoms with E-state index >= 15 is 0 Å². The maximum absolute atomic E-state index is 10.1. The number of rotatable bonds is 6. The fourth-order valence-electron chi connectivity index (χ4n) is 3.31. The van der Waals surface area contributed by atoms with Crippen molar-refractivity contribution in [2.75, 3.05) is 14.2 Å². The molecule has 1 saturated carbocycles. The molecule has 0 spiro atoms. The minimum absolute atomic E-state index is 0.0480. The van der Waals surface area contributed by atoms with E-state index < -0.39 is 0 Å². The summed E-state index contributed by atoms with van der Waals surface area (Å²) in [7, 11) is 3.13. The molecule has 1 aliphatic rings. The predicted molar refractivity (Wildman–Crippen MR) is 111 cm³/mol. The second-order valence-corrected chi connectivity index (χ2v) is 6.82. The van der Waals surface area contributed by atoms with E-state index in [1.807, 2.05) is 0 Å². The van der Waals surface area contributed by atoms with Crippen LogP contribution in [0.15, 0.2) is 46.4 Å². The summed E-state index contributed by atoms with van der Waals surface area (Å²) in [6.07, 6.45) is 7.52. The van der Waals surface area contributed by atoms with E-state index in [9.17, 15) is 10.2 Å². The largest absolute Gasteiger partial charge is 0.507 e. The van der Waals surface area contributed by atoms with Crippen LogP contribution in [0, 0.1) is 0 Å². The minimum atomic E-state index is 0.0480. The maximum Gasteiger partial charge on any atom is 0.128 e. The molecule has 0 heterocycles. The van der Waals surface area contributed by atoms with E-state index in [-0.39, 0.29) is 23.6 Å². The average molecular weight is 382 g/mol. The van der Waals surface area contributed by atoms with Gasteiger partial charge in [-0.3, -0.25) is 9.98 Å². The van der Waals surface area contributed by atoms with Gasteiger partial charge in [0, 0.05) is 35.7 Å². The Labute approximate surface area is 165 Å². The zero-order valence-corrected chi connectivity index (χ0v) is 16.2. The summed E-state index contributed by atoms with van der Waals surface area (Å²) >= 11 is 0. The van der Waals surface area contributed by atoms with E-state index in [1.54, 1.807) is 63.0 Å². The van der Waals surface area contributed by atoms with Gasteiger partial charge in [0.15, 0.2) is 0 Å². The normalized spacial score (nSPS) is 19.9. The first-order valence-corrected chi connectivity index (χ1v) is 9.41. The molecule has 0 aromatic heterocycles. The van der Waals surface area contributed by atoms with Gasteiger partial charge in [0.2, 0.25) is 0 Å². The van der Waals surface area contributed by atoms with E-state index in [0.717, 1.165) is 25.7 Å². The van der Waals surface area contributed by atoms with Gasteiger partial charge >= 0.3 is 0 Å². The van der Waals surface area contributed by atoms with Crippen LogP contribution in [-0.2, 0) is 0 Å². The third-order valence-corrected chi connectivity index (χ3v) is 4.98. The number of methoxy groups -OCH3 is 2. The Kier molecular flexibility index (Phi) is 6.53. The van der Waals surface area contributed by atoms with Crippen molar-refractivity contribution in [2.45, 2.75) is 37.8 Å². The van der Waals surface area contributed by atoms with Crippen molar-refractivity contribution in [1.29, 1.82) is 0 Å². The van der Waals surface area contributed by atoms with Crippen molar-refractivity contribution in [2.24, 2.45) is 9.98 Å². The molecule has 6 heteroatoms. The first-order valence-electron chi connectivity index (χ1n) is 9.41. The number of aliphatic imine (C=N–C) groups is 2. The van der Waals surface area contributed by atoms with Crippen molar-refractivity contribution in [3.63, 3.8) is 0 Å². The zero-order valence-electron chi connectivity index (χ0n) is 16.2. The summed E-state index contributed by atoms with van der Waals surface area (Å²) in [6, 6.07) is 10.4. The first kappa shape index (κ1) is 19.7. The van der Waals surface area contributed by atoms with Crippen molar-refractivity contribution in [3.8, 4) is 23.0 Å². The van der Waals surface area contributed by atoms with Gasteiger partial charge in [-0.1, -0.05) is 12.8 Å². The summed E-state index contributed by atoms with van der Waals surface area (Å²) < 4.78 is 10.2. The van der Waals surface area contributed by atoms with Crippen molar-refractivity contribution >= 4 is 12.4 Å². The number of phenols is 2. The highest BCUT2D eigenvalue weighted by molar-refractivity contribution is 5.84. The Hall–Kier alpha value is -3.02. The molecule has 0 radical (unpaired) electrons. The second-order valence-electron chi connectivity index (χ2n) is 6.82. The molecular weight excluding hydrogens is 356 g/mol. The SMILES string of the molecule is COc1ccc(C=N[C@H]2CCCC[C@@H]2N=Cc2ccc(OC)cc2O)c(O)c1. The number of aromatic hydroxyl groups is 2. The minimum Gasteiger partial charge on any atom is -0.507 e. The van der Waals surface area contributed by atoms with Crippen LogP contribution in [0.2, 0.25) is 0 Å². The molecule has 2 N–H and O–H groups in total. The Morgan fingerprint density at radius 2 is 1.21 bits per heavy atom. The van der Waals surface area contributed by atoms with Crippen LogP contribution >= 0.6 is 0 Å². The number of ether oxygens (including phenoxy) is 2. The highest BCUT2D eigenvalue weighted by Gasteiger charge is 2.23. The zero-order chi connectivity index (χ0) is 19.9. The molecule has 3 rings (SSSR count). The fourth-order valence-corrected chi connectivity index (χ4v) is 3.31. The first-order chi connectivity index (χ1) is 13.6. The van der Waals surface area contributed by atoms with E-state index in [0.29, 0.717) is 22.6 Å². The second kappa shape index (κ2) is 9.26. The lowest BCUT2D eigenvalue weighted by atomic mass is 9.91. The molecule has 0 aliphatic heterocycles. The van der Waals surface area contributed by atoms with Gasteiger partial charge in [-0.25, -0.2) is 0 Å². The number of benzene rings is 2. The van der Waals surface area contributed by atoms with Crippen LogP contribution in [-0.4, -0.2) is 48.9 Å². The number of nitrogens with zero attached hydrogens (tertiary/aromatic N) is 2. The lowest BCUT2D eigenvalue weighted by Gasteiger charge is -2.25. The van der Waals surface area contributed by atoms with Crippen molar-refractivity contribution in [3.05, 3.63) is 47.5 Å². The smallest absolute Gasteiger partial charge is 0.128 e. The third-order valence-electron chi connectivity index (χ3n) is 4.98. The Morgan fingerprint density at radius 1 is 0.786 bits per heavy atom. The molecule has 1 aliphatic carbocycles. The molecule has 0 saturated heterocycles. The number of phenolic OH excluding ortho intramolecular Hbond substituents is 2. The molecule has 1 fully saturated rings. The monoisotopic (exact) mass is 382 g/mol. The lowest BCUT2D eigenvalue weighted by molar-refractivity contribution is 0.389. The summed E-state index contributed by atoms with van der Waals surface area (Å²) in [5.41, 5.74) is 1.31. The Balaban J connectivity index is 1.73. The van der Waals surface area contributed by atoms with Crippen LogP contribution in [0.3, 0.4) is 0 Å². The molecule has 148 valence electrons. The van der Waals surface area contributed by atoms with Gasteiger partial charge in [-0.2, -0.15) is 0 Å². The van der Waals surface area contributed by atoms with Gasteiger partial charge in [0.1, 0.15) is 23.0 Å². The average Bonchev–Trinajstić information content (AvgIpc) is 2.72. The van der Waals surface area contributed by atoms with E-state index in [2.05, 4.69) is 0 Å². The molecule has 0 amide bonds. The standard InChI is InChI=1S/C22H26N2O4/c1-27-17-9-7-15(21(25)11-17)13-23-19-5-3-4-6-20(19)24-14-16-8-10-18(28-2)12-22(16)26/h7-14,19-20,25-26H,3-6H2,1-2H3/t19-,20-/m0/s1. The van der Waals surface area contributed by atoms with Crippen LogP contribution in [0.5, 0.6) is 23.0 Å². The van der Waals surface area contributed by atoms with Gasteiger partial charge in [0.25, 0.3) is 0 Å². The van der Waals surface area contributed by atoms with Gasteiger partial charge < -0.3 is 19.7 Å². The third kappa shape index (κ3) is 4.82. The highest BCUT2D eigenvalue weighted by Crippen LogP contribution is 2.27. The molecule has 6 nitrogen and oxygen atoms in total. The van der Waals surface area contributed by atoms with Gasteiger partial charge in [-0.15, -0.1) is 0 Å². The molecule has 2 atom stereocenters. The number of hydrogen-bond donors (Lipinski definition) is 2. The maximum atomic E-state index is 10.1. The quantitative estimate of drug-likeness (QED) is 0.741. The molecule has 2 aromatic carbocycles. The lowest BCUT2D eigenvalue weighted by Crippen LogP contribution is -2.27. The fraction of sp³-hybridized carbons (Fsp3) is 0.364. The van der Waals surface area contributed by atoms with Crippen molar-refractivity contribution in [1.82, 2.24) is 0 Å². The topological polar surface area (TPSA) is 83.6 Å². The summed E-state index contributed by atoms with van der Waals surface area (Å²) in [5, 5.41) is 20.2. The van der Waals surface area contributed by atoms with Crippen LogP contribution < -0.4 is 9.47 Å². The van der Waals surface area contributed by atoms with E-state index in [1.165, 1.54) is 0 Å². The van der Waals surface area contributed by atoms with Crippen molar-refractivity contribution < 1.29 is 19.7 Å². The Morgan fingerprint density at radius 3 is 1.57 bits per heavy atom. The number of hydrogen-bond acceptors (Lipinski definition) is 6. The van der Waals surface area contributed by atoms with Gasteiger partial charge in [-0.05, 0) is 37.1 Å². The summed E-state index contributed by atoms with van der Waals surface area (Å²) in [5.74, 6) is 1.49. The summed E-state index contributed by atoms with van der Waals surface area (Å²) in [4.78, 5) is 9.38.